The number of benzene rings is 1. The number of rotatable bonds is 4. The molecule has 0 unspecified atom stereocenters. The molecular formula is C21H31N3O3S. The van der Waals surface area contributed by atoms with Gasteiger partial charge in [-0.25, -0.2) is 17.9 Å². The molecule has 0 bridgehead atoms. The molecule has 7 heteroatoms. The molecule has 4 rings (SSSR count). The van der Waals surface area contributed by atoms with Gasteiger partial charge >= 0.3 is 6.03 Å². The number of nitrogens with one attached hydrogen (secondary N) is 2. The number of carbonyl (C=O) groups excluding carboxylic acids is 1. The molecule has 0 atom stereocenters. The van der Waals surface area contributed by atoms with Crippen LogP contribution in [0.25, 0.3) is 0 Å². The second-order valence-electron chi connectivity index (χ2n) is 8.66. The monoisotopic (exact) mass is 405 g/mol. The van der Waals surface area contributed by atoms with E-state index in [4.69, 9.17) is 0 Å². The number of aryl methyl sites for hydroxylation is 2. The number of urea groups is 1. The van der Waals surface area contributed by atoms with E-state index in [2.05, 4.69) is 34.9 Å². The number of sulfonamides is 1. The highest BCUT2D eigenvalue weighted by Gasteiger charge is 2.32. The first kappa shape index (κ1) is 19.7. The molecule has 1 aliphatic heterocycles. The van der Waals surface area contributed by atoms with Gasteiger partial charge in [0.05, 0.1) is 5.25 Å². The Balaban J connectivity index is 1.46. The predicted octanol–water partition coefficient (Wildman–Crippen LogP) is 2.99. The number of anilines is 1. The average Bonchev–Trinajstić information content (AvgIpc) is 3.30. The summed E-state index contributed by atoms with van der Waals surface area (Å²) in [6, 6.07) is 2.11. The fourth-order valence-corrected chi connectivity index (χ4v) is 6.33. The van der Waals surface area contributed by atoms with Crippen molar-refractivity contribution in [2.75, 3.05) is 18.4 Å². The number of hydrogen-bond acceptors (Lipinski definition) is 4. The molecule has 1 saturated heterocycles. The standard InChI is InChI=1S/C21H31N3O3S/c1-14(2)24-11-9-17(10-12-24)28(26,27)23-21(25)22-20-18-7-3-5-15(18)13-16-6-4-8-19(16)20/h13-14,17H,3-12H2,1-2H3,(H2,22,23,25). The van der Waals surface area contributed by atoms with Crippen LogP contribution in [0.3, 0.4) is 0 Å². The highest BCUT2D eigenvalue weighted by atomic mass is 32.2. The summed E-state index contributed by atoms with van der Waals surface area (Å²) in [5.74, 6) is 0. The third-order valence-corrected chi connectivity index (χ3v) is 8.41. The van der Waals surface area contributed by atoms with Crippen LogP contribution in [0.15, 0.2) is 6.07 Å². The third-order valence-electron chi connectivity index (χ3n) is 6.59. The molecule has 154 valence electrons. The van der Waals surface area contributed by atoms with Crippen LogP contribution >= 0.6 is 0 Å². The first-order chi connectivity index (χ1) is 13.3. The Morgan fingerprint density at radius 3 is 2.14 bits per heavy atom. The SMILES string of the molecule is CC(C)N1CCC(S(=O)(=O)NC(=O)Nc2c3c(cc4c2CCC4)CCC3)CC1. The molecule has 2 amide bonds. The summed E-state index contributed by atoms with van der Waals surface area (Å²) in [5.41, 5.74) is 5.93. The Bertz CT molecular complexity index is 839. The molecule has 1 heterocycles. The maximum Gasteiger partial charge on any atom is 0.332 e. The number of nitrogens with zero attached hydrogens (tertiary/aromatic N) is 1. The summed E-state index contributed by atoms with van der Waals surface area (Å²) in [6.07, 6.45) is 7.34. The molecule has 0 aromatic heterocycles. The minimum absolute atomic E-state index is 0.419. The van der Waals surface area contributed by atoms with Crippen LogP contribution in [0.2, 0.25) is 0 Å². The maximum absolute atomic E-state index is 12.7. The second kappa shape index (κ2) is 7.67. The van der Waals surface area contributed by atoms with Gasteiger partial charge < -0.3 is 10.2 Å². The van der Waals surface area contributed by atoms with Crippen molar-refractivity contribution in [3.63, 3.8) is 0 Å². The summed E-state index contributed by atoms with van der Waals surface area (Å²) in [5, 5.41) is 2.43. The Hall–Kier alpha value is -1.60. The molecule has 3 aliphatic rings. The van der Waals surface area contributed by atoms with E-state index >= 15 is 0 Å². The molecule has 1 aromatic carbocycles. The van der Waals surface area contributed by atoms with E-state index in [0.717, 1.165) is 57.3 Å². The maximum atomic E-state index is 12.7. The molecule has 2 aliphatic carbocycles. The number of hydrogen-bond donors (Lipinski definition) is 2. The van der Waals surface area contributed by atoms with Crippen LogP contribution in [-0.2, 0) is 35.7 Å². The van der Waals surface area contributed by atoms with E-state index in [1.165, 1.54) is 22.3 Å². The molecule has 0 radical (unpaired) electrons. The van der Waals surface area contributed by atoms with Crippen molar-refractivity contribution < 1.29 is 13.2 Å². The Kier molecular flexibility index (Phi) is 5.40. The van der Waals surface area contributed by atoms with E-state index in [-0.39, 0.29) is 0 Å². The summed E-state index contributed by atoms with van der Waals surface area (Å²) in [6.45, 7) is 5.75. The second-order valence-corrected chi connectivity index (χ2v) is 10.6. The normalized spacial score (nSPS) is 20.2. The zero-order valence-corrected chi connectivity index (χ0v) is 17.7. The summed E-state index contributed by atoms with van der Waals surface area (Å²) in [7, 11) is -3.67. The van der Waals surface area contributed by atoms with Crippen molar-refractivity contribution in [2.45, 2.75) is 76.5 Å². The van der Waals surface area contributed by atoms with Crippen LogP contribution in [0.4, 0.5) is 10.5 Å². The van der Waals surface area contributed by atoms with Crippen LogP contribution in [0, 0.1) is 0 Å². The van der Waals surface area contributed by atoms with Crippen molar-refractivity contribution in [2.24, 2.45) is 0 Å². The van der Waals surface area contributed by atoms with Crippen LogP contribution in [-0.4, -0.2) is 43.7 Å². The first-order valence-electron chi connectivity index (χ1n) is 10.6. The summed E-state index contributed by atoms with van der Waals surface area (Å²) < 4.78 is 27.8. The topological polar surface area (TPSA) is 78.5 Å². The van der Waals surface area contributed by atoms with Crippen molar-refractivity contribution in [3.8, 4) is 0 Å². The number of piperidine rings is 1. The molecule has 1 fully saturated rings. The first-order valence-corrected chi connectivity index (χ1v) is 12.1. The molecule has 28 heavy (non-hydrogen) atoms. The van der Waals surface area contributed by atoms with Gasteiger partial charge in [-0.15, -0.1) is 0 Å². The van der Waals surface area contributed by atoms with E-state index in [0.29, 0.717) is 18.9 Å². The van der Waals surface area contributed by atoms with E-state index in [9.17, 15) is 13.2 Å². The molecule has 0 spiro atoms. The van der Waals surface area contributed by atoms with E-state index in [1.807, 2.05) is 0 Å². The van der Waals surface area contributed by atoms with Crippen LogP contribution < -0.4 is 10.0 Å². The predicted molar refractivity (Wildman–Crippen MR) is 111 cm³/mol. The zero-order chi connectivity index (χ0) is 19.9. The molecule has 1 aromatic rings. The minimum atomic E-state index is -3.67. The molecule has 0 saturated carbocycles. The third kappa shape index (κ3) is 3.79. The highest BCUT2D eigenvalue weighted by Crippen LogP contribution is 2.38. The van der Waals surface area contributed by atoms with Gasteiger partial charge in [0, 0.05) is 11.7 Å². The lowest BCUT2D eigenvalue weighted by Crippen LogP contribution is -2.47. The number of fused-ring (bicyclic) bond motifs is 2. The van der Waals surface area contributed by atoms with Crippen molar-refractivity contribution >= 4 is 21.7 Å². The fraction of sp³-hybridized carbons (Fsp3) is 0.667. The lowest BCUT2D eigenvalue weighted by atomic mass is 9.99. The van der Waals surface area contributed by atoms with Gasteiger partial charge in [0.15, 0.2) is 0 Å². The van der Waals surface area contributed by atoms with E-state index in [1.54, 1.807) is 0 Å². The number of carbonyl (C=O) groups is 1. The van der Waals surface area contributed by atoms with Gasteiger partial charge in [-0.1, -0.05) is 6.07 Å². The lowest BCUT2D eigenvalue weighted by molar-refractivity contribution is 0.186. The smallest absolute Gasteiger partial charge is 0.307 e. The molecule has 6 nitrogen and oxygen atoms in total. The van der Waals surface area contributed by atoms with Crippen molar-refractivity contribution in [1.82, 2.24) is 9.62 Å². The Labute approximate surface area is 168 Å². The lowest BCUT2D eigenvalue weighted by Gasteiger charge is -2.34. The van der Waals surface area contributed by atoms with Crippen LogP contribution in [0.5, 0.6) is 0 Å². The molecular weight excluding hydrogens is 374 g/mol. The van der Waals surface area contributed by atoms with Crippen LogP contribution in [0.1, 0.15) is 61.8 Å². The minimum Gasteiger partial charge on any atom is -0.307 e. The molecule has 2 N–H and O–H groups in total. The fourth-order valence-electron chi connectivity index (χ4n) is 5.02. The zero-order valence-electron chi connectivity index (χ0n) is 16.9. The summed E-state index contributed by atoms with van der Waals surface area (Å²) >= 11 is 0. The van der Waals surface area contributed by atoms with Gasteiger partial charge in [0.25, 0.3) is 0 Å². The van der Waals surface area contributed by atoms with E-state index < -0.39 is 21.3 Å². The van der Waals surface area contributed by atoms with Gasteiger partial charge in [0.1, 0.15) is 0 Å². The Morgan fingerprint density at radius 1 is 1.04 bits per heavy atom. The average molecular weight is 406 g/mol. The number of amides is 2. The highest BCUT2D eigenvalue weighted by molar-refractivity contribution is 7.90. The largest absolute Gasteiger partial charge is 0.332 e. The van der Waals surface area contributed by atoms with Crippen molar-refractivity contribution in [3.05, 3.63) is 28.3 Å². The van der Waals surface area contributed by atoms with Crippen molar-refractivity contribution in [1.29, 1.82) is 0 Å². The summed E-state index contributed by atoms with van der Waals surface area (Å²) in [4.78, 5) is 14.9. The van der Waals surface area contributed by atoms with Gasteiger partial charge in [-0.2, -0.15) is 0 Å². The van der Waals surface area contributed by atoms with Gasteiger partial charge in [0.2, 0.25) is 10.0 Å². The van der Waals surface area contributed by atoms with Gasteiger partial charge in [-0.05, 0) is 101 Å². The number of likely N-dealkylation sites (tertiary alicyclic amines) is 1. The van der Waals surface area contributed by atoms with Gasteiger partial charge in [-0.3, -0.25) is 0 Å². The Morgan fingerprint density at radius 2 is 1.61 bits per heavy atom. The quantitative estimate of drug-likeness (QED) is 0.807.